The van der Waals surface area contributed by atoms with Crippen LogP contribution < -0.4 is 4.74 Å². The predicted octanol–water partition coefficient (Wildman–Crippen LogP) is 4.19. The second kappa shape index (κ2) is 6.06. The van der Waals surface area contributed by atoms with Crippen molar-refractivity contribution in [3.05, 3.63) is 65.2 Å². The summed E-state index contributed by atoms with van der Waals surface area (Å²) in [5.74, 6) is 0.572. The summed E-state index contributed by atoms with van der Waals surface area (Å²) >= 11 is 0. The second-order valence-corrected chi connectivity index (χ2v) is 4.61. The Kier molecular flexibility index (Phi) is 4.20. The topological polar surface area (TPSA) is 46.5 Å². The van der Waals surface area contributed by atoms with Crippen LogP contribution in [0.4, 0.5) is 0 Å². The van der Waals surface area contributed by atoms with E-state index in [9.17, 15) is 4.79 Å². The normalized spacial score (nSPS) is 10.7. The van der Waals surface area contributed by atoms with E-state index in [1.165, 1.54) is 0 Å². The van der Waals surface area contributed by atoms with Crippen molar-refractivity contribution in [2.24, 2.45) is 0 Å². The minimum atomic E-state index is -0.954. The van der Waals surface area contributed by atoms with Crippen molar-refractivity contribution in [1.29, 1.82) is 0 Å². The molecule has 0 unspecified atom stereocenters. The number of rotatable bonds is 4. The molecule has 0 radical (unpaired) electrons. The number of carboxylic acids is 1. The van der Waals surface area contributed by atoms with E-state index in [-0.39, 0.29) is 0 Å². The van der Waals surface area contributed by atoms with Gasteiger partial charge in [-0.15, -0.1) is 0 Å². The van der Waals surface area contributed by atoms with Gasteiger partial charge in [0, 0.05) is 6.08 Å². The second-order valence-electron chi connectivity index (χ2n) is 4.61. The number of benzene rings is 2. The van der Waals surface area contributed by atoms with Gasteiger partial charge in [-0.05, 0) is 60.9 Å². The quantitative estimate of drug-likeness (QED) is 0.845. The fourth-order valence-electron chi connectivity index (χ4n) is 1.87. The highest BCUT2D eigenvalue weighted by Gasteiger charge is 2.01. The molecule has 0 atom stereocenters. The molecule has 1 N–H and O–H groups in total. The third-order valence-corrected chi connectivity index (χ3v) is 2.87. The molecule has 0 heterocycles. The summed E-state index contributed by atoms with van der Waals surface area (Å²) in [6.45, 7) is 3.93. The number of hydrogen-bond donors (Lipinski definition) is 1. The number of aliphatic carboxylic acids is 1. The van der Waals surface area contributed by atoms with Crippen LogP contribution in [0.5, 0.6) is 11.5 Å². The first kappa shape index (κ1) is 13.9. The van der Waals surface area contributed by atoms with Gasteiger partial charge < -0.3 is 9.84 Å². The number of carboxylic acid groups (broad SMARTS) is 1. The molecule has 0 aromatic heterocycles. The fourth-order valence-corrected chi connectivity index (χ4v) is 1.87. The Morgan fingerprint density at radius 1 is 1.10 bits per heavy atom. The van der Waals surface area contributed by atoms with Crippen molar-refractivity contribution in [3.8, 4) is 11.5 Å². The average molecular weight is 268 g/mol. The van der Waals surface area contributed by atoms with Gasteiger partial charge in [-0.25, -0.2) is 4.79 Å². The Morgan fingerprint density at radius 2 is 1.85 bits per heavy atom. The zero-order chi connectivity index (χ0) is 14.5. The lowest BCUT2D eigenvalue weighted by molar-refractivity contribution is -0.131. The molecular formula is C17H16O3. The van der Waals surface area contributed by atoms with Gasteiger partial charge in [0.1, 0.15) is 11.5 Å². The van der Waals surface area contributed by atoms with E-state index in [4.69, 9.17) is 9.84 Å². The molecule has 0 aliphatic rings. The van der Waals surface area contributed by atoms with Crippen molar-refractivity contribution < 1.29 is 14.6 Å². The Labute approximate surface area is 118 Å². The first-order valence-corrected chi connectivity index (χ1v) is 6.31. The summed E-state index contributed by atoms with van der Waals surface area (Å²) < 4.78 is 5.78. The largest absolute Gasteiger partial charge is 0.478 e. The first-order valence-electron chi connectivity index (χ1n) is 6.31. The van der Waals surface area contributed by atoms with Crippen molar-refractivity contribution in [1.82, 2.24) is 0 Å². The first-order chi connectivity index (χ1) is 9.54. The summed E-state index contributed by atoms with van der Waals surface area (Å²) in [5, 5.41) is 8.63. The van der Waals surface area contributed by atoms with Crippen LogP contribution in [0.1, 0.15) is 16.7 Å². The van der Waals surface area contributed by atoms with Crippen molar-refractivity contribution >= 4 is 12.0 Å². The monoisotopic (exact) mass is 268 g/mol. The molecule has 2 aromatic carbocycles. The maximum absolute atomic E-state index is 10.5. The average Bonchev–Trinajstić information content (AvgIpc) is 2.37. The number of carbonyl (C=O) groups is 1. The van der Waals surface area contributed by atoms with Crippen LogP contribution in [0, 0.1) is 13.8 Å². The standard InChI is InChI=1S/C17H16O3/c1-12-4-3-5-15(10-12)20-16-8-6-14(13(2)11-16)7-9-17(18)19/h3-11H,1-2H3,(H,18,19). The lowest BCUT2D eigenvalue weighted by Crippen LogP contribution is -1.89. The molecule has 3 nitrogen and oxygen atoms in total. The summed E-state index contributed by atoms with van der Waals surface area (Å²) in [7, 11) is 0. The lowest BCUT2D eigenvalue weighted by Gasteiger charge is -2.08. The van der Waals surface area contributed by atoms with Crippen molar-refractivity contribution in [3.63, 3.8) is 0 Å². The maximum atomic E-state index is 10.5. The molecule has 0 aliphatic carbocycles. The summed E-state index contributed by atoms with van der Waals surface area (Å²) in [6.07, 6.45) is 2.71. The van der Waals surface area contributed by atoms with E-state index in [0.717, 1.165) is 34.3 Å². The van der Waals surface area contributed by atoms with Crippen LogP contribution in [-0.2, 0) is 4.79 Å². The smallest absolute Gasteiger partial charge is 0.328 e. The molecule has 2 rings (SSSR count). The van der Waals surface area contributed by atoms with Crippen LogP contribution in [0.3, 0.4) is 0 Å². The highest BCUT2D eigenvalue weighted by molar-refractivity contribution is 5.85. The molecule has 2 aromatic rings. The molecule has 20 heavy (non-hydrogen) atoms. The lowest BCUT2D eigenvalue weighted by atomic mass is 10.1. The third-order valence-electron chi connectivity index (χ3n) is 2.87. The summed E-state index contributed by atoms with van der Waals surface area (Å²) in [6, 6.07) is 13.4. The van der Waals surface area contributed by atoms with Gasteiger partial charge in [0.2, 0.25) is 0 Å². The highest BCUT2D eigenvalue weighted by Crippen LogP contribution is 2.24. The van der Waals surface area contributed by atoms with Crippen LogP contribution >= 0.6 is 0 Å². The SMILES string of the molecule is Cc1cccc(Oc2ccc(C=CC(=O)O)c(C)c2)c1. The Balaban J connectivity index is 2.19. The third kappa shape index (κ3) is 3.72. The van der Waals surface area contributed by atoms with Crippen LogP contribution in [0.2, 0.25) is 0 Å². The van der Waals surface area contributed by atoms with Gasteiger partial charge in [-0.2, -0.15) is 0 Å². The predicted molar refractivity (Wildman–Crippen MR) is 79.1 cm³/mol. The van der Waals surface area contributed by atoms with Gasteiger partial charge in [-0.3, -0.25) is 0 Å². The van der Waals surface area contributed by atoms with Crippen LogP contribution in [0.25, 0.3) is 6.08 Å². The van der Waals surface area contributed by atoms with E-state index >= 15 is 0 Å². The fraction of sp³-hybridized carbons (Fsp3) is 0.118. The minimum Gasteiger partial charge on any atom is -0.478 e. The van der Waals surface area contributed by atoms with Gasteiger partial charge in [-0.1, -0.05) is 18.2 Å². The highest BCUT2D eigenvalue weighted by atomic mass is 16.5. The molecule has 0 saturated heterocycles. The van der Waals surface area contributed by atoms with Gasteiger partial charge in [0.05, 0.1) is 0 Å². The van der Waals surface area contributed by atoms with Gasteiger partial charge >= 0.3 is 5.97 Å². The van der Waals surface area contributed by atoms with Gasteiger partial charge in [0.15, 0.2) is 0 Å². The molecule has 102 valence electrons. The maximum Gasteiger partial charge on any atom is 0.328 e. The zero-order valence-corrected chi connectivity index (χ0v) is 11.5. The minimum absolute atomic E-state index is 0.737. The molecule has 0 amide bonds. The Hall–Kier alpha value is -2.55. The van der Waals surface area contributed by atoms with E-state index in [1.807, 2.05) is 56.3 Å². The molecule has 3 heteroatoms. The molecule has 0 fully saturated rings. The van der Waals surface area contributed by atoms with E-state index in [1.54, 1.807) is 6.08 Å². The van der Waals surface area contributed by atoms with Crippen molar-refractivity contribution in [2.45, 2.75) is 13.8 Å². The summed E-state index contributed by atoms with van der Waals surface area (Å²) in [5.41, 5.74) is 2.97. The molecule has 0 spiro atoms. The number of ether oxygens (including phenoxy) is 1. The number of aryl methyl sites for hydroxylation is 2. The summed E-state index contributed by atoms with van der Waals surface area (Å²) in [4.78, 5) is 10.5. The Morgan fingerprint density at radius 3 is 2.50 bits per heavy atom. The molecule has 0 saturated carbocycles. The van der Waals surface area contributed by atoms with Crippen LogP contribution in [-0.4, -0.2) is 11.1 Å². The van der Waals surface area contributed by atoms with E-state index in [2.05, 4.69) is 0 Å². The molecule has 0 aliphatic heterocycles. The van der Waals surface area contributed by atoms with Crippen molar-refractivity contribution in [2.75, 3.05) is 0 Å². The van der Waals surface area contributed by atoms with E-state index < -0.39 is 5.97 Å². The van der Waals surface area contributed by atoms with Gasteiger partial charge in [0.25, 0.3) is 0 Å². The number of hydrogen-bond acceptors (Lipinski definition) is 2. The Bertz CT molecular complexity index is 657. The zero-order valence-electron chi connectivity index (χ0n) is 11.5. The molecule has 0 bridgehead atoms. The van der Waals surface area contributed by atoms with E-state index in [0.29, 0.717) is 0 Å². The molecular weight excluding hydrogens is 252 g/mol. The van der Waals surface area contributed by atoms with Crippen LogP contribution in [0.15, 0.2) is 48.5 Å².